The van der Waals surface area contributed by atoms with Gasteiger partial charge in [0, 0.05) is 29.4 Å². The molecule has 1 heterocycles. The standard InChI is InChI=1S/C25H26ClN3O6S2/c1-17-4-8-22(37(33,34)29-11-13-35-14-12-29)16-23(17)25(30)27-19-6-9-21(10-7-19)36(31,32)28-20-5-3-18(2)24(26)15-20/h3-10,15-16,28H,11-14H2,1-2H3,(H,27,30). The molecule has 0 saturated carbocycles. The number of morpholine rings is 1. The van der Waals surface area contributed by atoms with Crippen LogP contribution in [0.4, 0.5) is 11.4 Å². The Morgan fingerprint density at radius 1 is 0.838 bits per heavy atom. The number of rotatable bonds is 7. The molecule has 0 atom stereocenters. The van der Waals surface area contributed by atoms with Crippen LogP contribution in [0.5, 0.6) is 0 Å². The summed E-state index contributed by atoms with van der Waals surface area (Å²) < 4.78 is 60.5. The maximum atomic E-state index is 13.0. The molecule has 196 valence electrons. The van der Waals surface area contributed by atoms with Crippen molar-refractivity contribution < 1.29 is 26.4 Å². The summed E-state index contributed by atoms with van der Waals surface area (Å²) in [5, 5.41) is 3.14. The van der Waals surface area contributed by atoms with E-state index in [1.807, 2.05) is 6.92 Å². The first kappa shape index (κ1) is 27.1. The summed E-state index contributed by atoms with van der Waals surface area (Å²) in [6.45, 7) is 4.65. The Morgan fingerprint density at radius 2 is 1.43 bits per heavy atom. The molecule has 2 N–H and O–H groups in total. The molecular formula is C25H26ClN3O6S2. The van der Waals surface area contributed by atoms with Crippen LogP contribution in [0.2, 0.25) is 5.02 Å². The van der Waals surface area contributed by atoms with Gasteiger partial charge in [-0.25, -0.2) is 16.8 Å². The molecule has 0 spiro atoms. The number of nitrogens with zero attached hydrogens (tertiary/aromatic N) is 1. The molecule has 4 rings (SSSR count). The Labute approximate surface area is 221 Å². The Hall–Kier alpha value is -2.96. The Morgan fingerprint density at radius 3 is 2.08 bits per heavy atom. The van der Waals surface area contributed by atoms with Crippen LogP contribution in [-0.2, 0) is 24.8 Å². The molecule has 0 radical (unpaired) electrons. The number of hydrogen-bond donors (Lipinski definition) is 2. The molecule has 1 aliphatic rings. The lowest BCUT2D eigenvalue weighted by molar-refractivity contribution is 0.0730. The van der Waals surface area contributed by atoms with Gasteiger partial charge in [-0.3, -0.25) is 9.52 Å². The first-order chi connectivity index (χ1) is 17.5. The molecule has 1 aliphatic heterocycles. The van der Waals surface area contributed by atoms with Crippen molar-refractivity contribution in [2.24, 2.45) is 0 Å². The molecule has 12 heteroatoms. The first-order valence-electron chi connectivity index (χ1n) is 11.4. The summed E-state index contributed by atoms with van der Waals surface area (Å²) in [6, 6.07) is 14.9. The molecule has 0 bridgehead atoms. The van der Waals surface area contributed by atoms with E-state index in [1.165, 1.54) is 46.8 Å². The first-order valence-corrected chi connectivity index (χ1v) is 14.7. The lowest BCUT2D eigenvalue weighted by atomic mass is 10.1. The summed E-state index contributed by atoms with van der Waals surface area (Å²) >= 11 is 6.08. The zero-order valence-electron chi connectivity index (χ0n) is 20.2. The quantitative estimate of drug-likeness (QED) is 0.447. The van der Waals surface area contributed by atoms with E-state index in [4.69, 9.17) is 16.3 Å². The molecule has 9 nitrogen and oxygen atoms in total. The fourth-order valence-corrected chi connectivity index (χ4v) is 6.39. The zero-order chi connectivity index (χ0) is 26.8. The molecule has 0 aliphatic carbocycles. The smallest absolute Gasteiger partial charge is 0.261 e. The average Bonchev–Trinajstić information content (AvgIpc) is 2.87. The highest BCUT2D eigenvalue weighted by Gasteiger charge is 2.27. The number of aryl methyl sites for hydroxylation is 2. The van der Waals surface area contributed by atoms with E-state index in [1.54, 1.807) is 25.1 Å². The second-order valence-corrected chi connectivity index (χ2v) is 12.6. The third-order valence-corrected chi connectivity index (χ3v) is 9.61. The van der Waals surface area contributed by atoms with E-state index in [-0.39, 0.29) is 28.4 Å². The maximum Gasteiger partial charge on any atom is 0.261 e. The molecule has 0 aromatic heterocycles. The monoisotopic (exact) mass is 563 g/mol. The predicted octanol–water partition coefficient (Wildman–Crippen LogP) is 4.03. The lowest BCUT2D eigenvalue weighted by Crippen LogP contribution is -2.40. The Balaban J connectivity index is 1.50. The number of carbonyl (C=O) groups is 1. The minimum Gasteiger partial charge on any atom is -0.379 e. The van der Waals surface area contributed by atoms with Gasteiger partial charge in [0.2, 0.25) is 10.0 Å². The number of carbonyl (C=O) groups excluding carboxylic acids is 1. The number of ether oxygens (including phenoxy) is 1. The van der Waals surface area contributed by atoms with Crippen LogP contribution in [0.25, 0.3) is 0 Å². The van der Waals surface area contributed by atoms with Gasteiger partial charge in [-0.1, -0.05) is 23.7 Å². The van der Waals surface area contributed by atoms with Crippen LogP contribution in [0, 0.1) is 13.8 Å². The number of hydrogen-bond acceptors (Lipinski definition) is 6. The van der Waals surface area contributed by atoms with Crippen molar-refractivity contribution >= 4 is 48.9 Å². The van der Waals surface area contributed by atoms with E-state index >= 15 is 0 Å². The third-order valence-electron chi connectivity index (χ3n) is 5.91. The van der Waals surface area contributed by atoms with Crippen molar-refractivity contribution in [2.75, 3.05) is 36.3 Å². The summed E-state index contributed by atoms with van der Waals surface area (Å²) in [4.78, 5) is 13.0. The van der Waals surface area contributed by atoms with Crippen molar-refractivity contribution in [3.8, 4) is 0 Å². The largest absolute Gasteiger partial charge is 0.379 e. The van der Waals surface area contributed by atoms with E-state index in [9.17, 15) is 21.6 Å². The van der Waals surface area contributed by atoms with E-state index < -0.39 is 26.0 Å². The number of benzene rings is 3. The SMILES string of the molecule is Cc1ccc(NS(=O)(=O)c2ccc(NC(=O)c3cc(S(=O)(=O)N4CCOCC4)ccc3C)cc2)cc1Cl. The summed E-state index contributed by atoms with van der Waals surface area (Å²) in [7, 11) is -7.65. The second-order valence-electron chi connectivity index (χ2n) is 8.54. The molecule has 3 aromatic carbocycles. The number of sulfonamides is 2. The van der Waals surface area contributed by atoms with Gasteiger partial charge in [-0.15, -0.1) is 0 Å². The molecule has 37 heavy (non-hydrogen) atoms. The summed E-state index contributed by atoms with van der Waals surface area (Å²) in [6.07, 6.45) is 0. The Kier molecular flexibility index (Phi) is 7.91. The minimum atomic E-state index is -3.88. The van der Waals surface area contributed by atoms with Gasteiger partial charge in [-0.05, 0) is 73.5 Å². The highest BCUT2D eigenvalue weighted by molar-refractivity contribution is 7.92. The minimum absolute atomic E-state index is 0.00280. The average molecular weight is 564 g/mol. The highest BCUT2D eigenvalue weighted by Crippen LogP contribution is 2.24. The molecular weight excluding hydrogens is 538 g/mol. The van der Waals surface area contributed by atoms with E-state index in [0.29, 0.717) is 35.2 Å². The van der Waals surface area contributed by atoms with Gasteiger partial charge >= 0.3 is 0 Å². The number of anilines is 2. The highest BCUT2D eigenvalue weighted by atomic mass is 35.5. The van der Waals surface area contributed by atoms with Gasteiger partial charge in [0.05, 0.1) is 28.7 Å². The van der Waals surface area contributed by atoms with Crippen LogP contribution < -0.4 is 10.0 Å². The van der Waals surface area contributed by atoms with Crippen molar-refractivity contribution in [1.82, 2.24) is 4.31 Å². The van der Waals surface area contributed by atoms with Gasteiger partial charge in [0.15, 0.2) is 0 Å². The van der Waals surface area contributed by atoms with Crippen LogP contribution in [0.15, 0.2) is 70.5 Å². The van der Waals surface area contributed by atoms with E-state index in [0.717, 1.165) is 5.56 Å². The van der Waals surface area contributed by atoms with Crippen LogP contribution in [0.3, 0.4) is 0 Å². The zero-order valence-corrected chi connectivity index (χ0v) is 22.6. The summed E-state index contributed by atoms with van der Waals surface area (Å²) in [5.74, 6) is -0.514. The lowest BCUT2D eigenvalue weighted by Gasteiger charge is -2.26. The molecule has 3 aromatic rings. The van der Waals surface area contributed by atoms with Crippen molar-refractivity contribution in [2.45, 2.75) is 23.6 Å². The molecule has 1 saturated heterocycles. The van der Waals surface area contributed by atoms with Gasteiger partial charge < -0.3 is 10.1 Å². The Bertz CT molecular complexity index is 1540. The van der Waals surface area contributed by atoms with E-state index in [2.05, 4.69) is 10.0 Å². The third kappa shape index (κ3) is 6.13. The number of amides is 1. The fourth-order valence-electron chi connectivity index (χ4n) is 3.73. The molecule has 1 fully saturated rings. The normalized spacial score (nSPS) is 14.8. The van der Waals surface area contributed by atoms with Crippen LogP contribution >= 0.6 is 11.6 Å². The van der Waals surface area contributed by atoms with Crippen LogP contribution in [-0.4, -0.2) is 53.4 Å². The topological polar surface area (TPSA) is 122 Å². The number of halogens is 1. The molecule has 0 unspecified atom stereocenters. The van der Waals surface area contributed by atoms with Crippen molar-refractivity contribution in [1.29, 1.82) is 0 Å². The van der Waals surface area contributed by atoms with Crippen molar-refractivity contribution in [3.63, 3.8) is 0 Å². The number of nitrogens with one attached hydrogen (secondary N) is 2. The van der Waals surface area contributed by atoms with Crippen LogP contribution in [0.1, 0.15) is 21.5 Å². The second kappa shape index (κ2) is 10.8. The maximum absolute atomic E-state index is 13.0. The molecule has 1 amide bonds. The fraction of sp³-hybridized carbons (Fsp3) is 0.240. The van der Waals surface area contributed by atoms with Gasteiger partial charge in [0.25, 0.3) is 15.9 Å². The van der Waals surface area contributed by atoms with Gasteiger partial charge in [0.1, 0.15) is 0 Å². The summed E-state index contributed by atoms with van der Waals surface area (Å²) in [5.41, 5.74) is 2.30. The van der Waals surface area contributed by atoms with Crippen molar-refractivity contribution in [3.05, 3.63) is 82.4 Å². The van der Waals surface area contributed by atoms with Gasteiger partial charge in [-0.2, -0.15) is 4.31 Å². The predicted molar refractivity (Wildman–Crippen MR) is 142 cm³/mol.